The monoisotopic (exact) mass is 368 g/mol. The maximum absolute atomic E-state index is 14.5. The van der Waals surface area contributed by atoms with E-state index in [1.54, 1.807) is 13.1 Å². The fourth-order valence-corrected chi connectivity index (χ4v) is 2.78. The summed E-state index contributed by atoms with van der Waals surface area (Å²) >= 11 is 0. The molecule has 7 nitrogen and oxygen atoms in total. The van der Waals surface area contributed by atoms with Gasteiger partial charge in [0.25, 0.3) is 11.6 Å². The second-order valence-electron chi connectivity index (χ2n) is 5.85. The first-order valence-electron chi connectivity index (χ1n) is 8.28. The molecule has 0 aliphatic carbocycles. The van der Waals surface area contributed by atoms with Crippen molar-refractivity contribution in [3.8, 4) is 0 Å². The van der Waals surface area contributed by atoms with Gasteiger partial charge >= 0.3 is 0 Å². The Balaban J connectivity index is 2.33. The highest BCUT2D eigenvalue weighted by Crippen LogP contribution is 2.32. The van der Waals surface area contributed by atoms with Gasteiger partial charge in [-0.05, 0) is 25.1 Å². The number of amides is 1. The molecule has 0 radical (unpaired) electrons. The first-order chi connectivity index (χ1) is 12.9. The van der Waals surface area contributed by atoms with Gasteiger partial charge in [0.2, 0.25) is 0 Å². The lowest BCUT2D eigenvalue weighted by atomic mass is 9.99. The lowest BCUT2D eigenvalue weighted by molar-refractivity contribution is -0.384. The molecular weight excluding hydrogens is 351 g/mol. The van der Waals surface area contributed by atoms with Crippen LogP contribution in [0.4, 0.5) is 15.8 Å². The van der Waals surface area contributed by atoms with Crippen molar-refractivity contribution in [3.63, 3.8) is 0 Å². The number of nitrogens with zero attached hydrogens (tertiary/aromatic N) is 3. The number of nitro groups is 1. The number of carbonyl (C=O) groups is 1. The van der Waals surface area contributed by atoms with Crippen LogP contribution in [0.5, 0.6) is 0 Å². The number of nitrogens with one attached hydrogen (secondary N) is 1. The van der Waals surface area contributed by atoms with Crippen LogP contribution < -0.4 is 10.2 Å². The number of fused-ring (bicyclic) bond motifs is 1. The number of benzene rings is 2. The van der Waals surface area contributed by atoms with Gasteiger partial charge in [-0.1, -0.05) is 12.1 Å². The highest BCUT2D eigenvalue weighted by molar-refractivity contribution is 6.22. The molecule has 1 amide bonds. The summed E-state index contributed by atoms with van der Waals surface area (Å²) in [5.41, 5.74) is 0.949. The molecule has 138 valence electrons. The summed E-state index contributed by atoms with van der Waals surface area (Å²) in [6.07, 6.45) is 1.46. The van der Waals surface area contributed by atoms with Gasteiger partial charge < -0.3 is 10.2 Å². The van der Waals surface area contributed by atoms with Crippen LogP contribution >= 0.6 is 0 Å². The van der Waals surface area contributed by atoms with Crippen LogP contribution in [-0.2, 0) is 4.79 Å². The van der Waals surface area contributed by atoms with Gasteiger partial charge in [0.1, 0.15) is 11.5 Å². The van der Waals surface area contributed by atoms with E-state index in [-0.39, 0.29) is 22.7 Å². The molecule has 1 aliphatic rings. The summed E-state index contributed by atoms with van der Waals surface area (Å²) in [6, 6.07) is 10.1. The largest absolute Gasteiger partial charge is 0.389 e. The minimum absolute atomic E-state index is 0.0801. The summed E-state index contributed by atoms with van der Waals surface area (Å²) in [4.78, 5) is 29.2. The molecule has 8 heteroatoms. The molecule has 0 aromatic heterocycles. The zero-order valence-electron chi connectivity index (χ0n) is 14.8. The second-order valence-corrected chi connectivity index (χ2v) is 5.85. The van der Waals surface area contributed by atoms with Gasteiger partial charge in [0.05, 0.1) is 16.3 Å². The van der Waals surface area contributed by atoms with Crippen molar-refractivity contribution in [2.45, 2.75) is 6.92 Å². The van der Waals surface area contributed by atoms with E-state index in [1.165, 1.54) is 47.5 Å². The maximum atomic E-state index is 14.5. The third-order valence-corrected chi connectivity index (χ3v) is 4.14. The topological polar surface area (TPSA) is 87.8 Å². The van der Waals surface area contributed by atoms with Gasteiger partial charge in [-0.2, -0.15) is 0 Å². The molecule has 3 rings (SSSR count). The van der Waals surface area contributed by atoms with Gasteiger partial charge in [0, 0.05) is 43.1 Å². The summed E-state index contributed by atoms with van der Waals surface area (Å²) in [6.45, 7) is 2.44. The zero-order valence-corrected chi connectivity index (χ0v) is 14.8. The molecule has 0 spiro atoms. The number of likely N-dealkylation sites (N-methyl/N-ethyl adjacent to an activating group) is 1. The van der Waals surface area contributed by atoms with E-state index in [9.17, 15) is 19.3 Å². The number of aliphatic imine (C=N–C) groups is 1. The van der Waals surface area contributed by atoms with E-state index in [4.69, 9.17) is 0 Å². The number of anilines is 1. The molecule has 0 saturated heterocycles. The van der Waals surface area contributed by atoms with Crippen molar-refractivity contribution >= 4 is 23.0 Å². The third kappa shape index (κ3) is 3.41. The fraction of sp³-hybridized carbons (Fsp3) is 0.158. The lowest BCUT2D eigenvalue weighted by Crippen LogP contribution is -2.27. The highest BCUT2D eigenvalue weighted by atomic mass is 19.1. The molecule has 0 atom stereocenters. The minimum Gasteiger partial charge on any atom is -0.389 e. The Labute approximate surface area is 155 Å². The number of non-ortho nitro benzene ring substituents is 1. The molecule has 1 N–H and O–H groups in total. The van der Waals surface area contributed by atoms with Gasteiger partial charge in [0.15, 0.2) is 0 Å². The molecule has 27 heavy (non-hydrogen) atoms. The molecule has 0 bridgehead atoms. The van der Waals surface area contributed by atoms with Crippen LogP contribution in [-0.4, -0.2) is 30.1 Å². The fourth-order valence-electron chi connectivity index (χ4n) is 2.78. The Kier molecular flexibility index (Phi) is 4.98. The summed E-state index contributed by atoms with van der Waals surface area (Å²) in [5.74, 6) is -0.939. The van der Waals surface area contributed by atoms with E-state index < -0.39 is 16.6 Å². The Morgan fingerprint density at radius 3 is 2.67 bits per heavy atom. The van der Waals surface area contributed by atoms with Crippen molar-refractivity contribution in [1.82, 2.24) is 5.32 Å². The molecule has 0 fully saturated rings. The molecule has 2 aromatic rings. The molecule has 2 aromatic carbocycles. The molecule has 0 saturated carbocycles. The Bertz CT molecular complexity index is 985. The minimum atomic E-state index is -0.540. The number of nitro benzene ring substituents is 1. The lowest BCUT2D eigenvalue weighted by Gasteiger charge is -2.18. The van der Waals surface area contributed by atoms with Crippen molar-refractivity contribution in [3.05, 3.63) is 81.4 Å². The van der Waals surface area contributed by atoms with E-state index in [2.05, 4.69) is 10.3 Å². The van der Waals surface area contributed by atoms with Crippen LogP contribution in [0.2, 0.25) is 0 Å². The standard InChI is InChI=1S/C19H17FN4O3/c1-3-21-11-16-19(25)23(2)17-9-8-12(24(26)27)10-14(17)18(22-16)13-6-4-5-7-15(13)20/h4-11,21H,3H2,1-2H3. The SMILES string of the molecule is CCNC=C1N=C(c2ccccc2F)c2cc([N+](=O)[O-])ccc2N(C)C1=O. The van der Waals surface area contributed by atoms with Crippen molar-refractivity contribution < 1.29 is 14.1 Å². The number of hydrogen-bond acceptors (Lipinski definition) is 5. The number of hydrogen-bond donors (Lipinski definition) is 1. The first-order valence-corrected chi connectivity index (χ1v) is 8.28. The van der Waals surface area contributed by atoms with Gasteiger partial charge in [-0.25, -0.2) is 9.38 Å². The van der Waals surface area contributed by atoms with Crippen LogP contribution in [0.25, 0.3) is 0 Å². The van der Waals surface area contributed by atoms with Gasteiger partial charge in [-0.3, -0.25) is 14.9 Å². The molecule has 1 heterocycles. The van der Waals surface area contributed by atoms with E-state index in [1.807, 2.05) is 6.92 Å². The van der Waals surface area contributed by atoms with Crippen LogP contribution in [0.15, 0.2) is 59.4 Å². The average Bonchev–Trinajstić information content (AvgIpc) is 2.76. The maximum Gasteiger partial charge on any atom is 0.278 e. The predicted octanol–water partition coefficient (Wildman–Crippen LogP) is 3.00. The van der Waals surface area contributed by atoms with Crippen LogP contribution in [0.1, 0.15) is 18.1 Å². The second kappa shape index (κ2) is 7.36. The van der Waals surface area contributed by atoms with Crippen molar-refractivity contribution in [2.75, 3.05) is 18.5 Å². The third-order valence-electron chi connectivity index (χ3n) is 4.14. The molecule has 0 unspecified atom stereocenters. The Hall–Kier alpha value is -3.55. The summed E-state index contributed by atoms with van der Waals surface area (Å²) in [7, 11) is 1.55. The Morgan fingerprint density at radius 1 is 1.26 bits per heavy atom. The normalized spacial score (nSPS) is 15.2. The number of rotatable bonds is 4. The number of carbonyl (C=O) groups excluding carboxylic acids is 1. The zero-order chi connectivity index (χ0) is 19.6. The smallest absolute Gasteiger partial charge is 0.278 e. The quantitative estimate of drug-likeness (QED) is 0.510. The van der Waals surface area contributed by atoms with E-state index in [0.717, 1.165) is 0 Å². The van der Waals surface area contributed by atoms with Gasteiger partial charge in [-0.15, -0.1) is 0 Å². The first kappa shape index (κ1) is 18.2. The number of halogens is 1. The average molecular weight is 368 g/mol. The van der Waals surface area contributed by atoms with E-state index in [0.29, 0.717) is 17.8 Å². The summed E-state index contributed by atoms with van der Waals surface area (Å²) in [5, 5.41) is 14.1. The summed E-state index contributed by atoms with van der Waals surface area (Å²) < 4.78 is 14.5. The highest BCUT2D eigenvalue weighted by Gasteiger charge is 2.28. The molecular formula is C19H17FN4O3. The predicted molar refractivity (Wildman–Crippen MR) is 100 cm³/mol. The molecule has 1 aliphatic heterocycles. The van der Waals surface area contributed by atoms with Crippen LogP contribution in [0.3, 0.4) is 0 Å². The van der Waals surface area contributed by atoms with Crippen LogP contribution in [0, 0.1) is 15.9 Å². The van der Waals surface area contributed by atoms with E-state index >= 15 is 0 Å². The number of benzodiazepines with no additional fused rings is 1. The van der Waals surface area contributed by atoms with Crippen molar-refractivity contribution in [1.29, 1.82) is 0 Å². The van der Waals surface area contributed by atoms with Crippen molar-refractivity contribution in [2.24, 2.45) is 4.99 Å². The Morgan fingerprint density at radius 2 is 2.00 bits per heavy atom.